The summed E-state index contributed by atoms with van der Waals surface area (Å²) in [6.07, 6.45) is 6.31. The molecule has 2 amide bonds. The Labute approximate surface area is 238 Å². The van der Waals surface area contributed by atoms with Gasteiger partial charge in [0.2, 0.25) is 11.8 Å². The lowest BCUT2D eigenvalue weighted by Crippen LogP contribution is -2.51. The van der Waals surface area contributed by atoms with Gasteiger partial charge in [-0.2, -0.15) is 0 Å². The fraction of sp³-hybridized carbons (Fsp3) is 0.515. The smallest absolute Gasteiger partial charge is 0.234 e. The van der Waals surface area contributed by atoms with E-state index in [0.717, 1.165) is 63.8 Å². The van der Waals surface area contributed by atoms with Gasteiger partial charge in [0.25, 0.3) is 0 Å². The van der Waals surface area contributed by atoms with Crippen LogP contribution in [0.15, 0.2) is 42.5 Å². The number of benzene rings is 2. The molecule has 1 spiro atoms. The summed E-state index contributed by atoms with van der Waals surface area (Å²) >= 11 is 0. The molecule has 2 aliphatic heterocycles. The molecule has 0 aliphatic carbocycles. The molecule has 2 aromatic carbocycles. The largest absolute Gasteiger partial charge is 0.491 e. The Kier molecular flexibility index (Phi) is 8.79. The van der Waals surface area contributed by atoms with E-state index in [0.29, 0.717) is 26.2 Å². The summed E-state index contributed by atoms with van der Waals surface area (Å²) in [5.41, 5.74) is 5.95. The summed E-state index contributed by atoms with van der Waals surface area (Å²) in [7, 11) is 2.11. The SMILES string of the molecule is Cc1ccc2c(CCNC(=O)CN3CCC4(CCCCc5ccccc5OCCNC4=O)CC3)c(C)n(C)c2c1. The van der Waals surface area contributed by atoms with Crippen LogP contribution in [-0.2, 0) is 29.5 Å². The fourth-order valence-corrected chi connectivity index (χ4v) is 6.53. The predicted octanol–water partition coefficient (Wildman–Crippen LogP) is 4.46. The van der Waals surface area contributed by atoms with Crippen molar-refractivity contribution in [3.05, 3.63) is 64.8 Å². The van der Waals surface area contributed by atoms with Gasteiger partial charge >= 0.3 is 0 Å². The van der Waals surface area contributed by atoms with E-state index in [1.165, 1.54) is 33.3 Å². The molecule has 7 nitrogen and oxygen atoms in total. The highest BCUT2D eigenvalue weighted by Gasteiger charge is 2.41. The van der Waals surface area contributed by atoms with Gasteiger partial charge in [0.15, 0.2) is 0 Å². The number of ether oxygens (including phenoxy) is 1. The Morgan fingerprint density at radius 3 is 2.70 bits per heavy atom. The first-order chi connectivity index (χ1) is 19.4. The molecular formula is C33H44N4O3. The molecule has 3 heterocycles. The van der Waals surface area contributed by atoms with Crippen molar-refractivity contribution in [1.82, 2.24) is 20.1 Å². The molecule has 0 unspecified atom stereocenters. The van der Waals surface area contributed by atoms with Crippen LogP contribution < -0.4 is 15.4 Å². The van der Waals surface area contributed by atoms with Crippen molar-refractivity contribution < 1.29 is 14.3 Å². The summed E-state index contributed by atoms with van der Waals surface area (Å²) < 4.78 is 8.21. The summed E-state index contributed by atoms with van der Waals surface area (Å²) in [5, 5.41) is 7.56. The van der Waals surface area contributed by atoms with E-state index < -0.39 is 0 Å². The van der Waals surface area contributed by atoms with Crippen LogP contribution in [0.25, 0.3) is 10.9 Å². The number of likely N-dealkylation sites (tertiary alicyclic amines) is 1. The number of nitrogens with one attached hydrogen (secondary N) is 2. The van der Waals surface area contributed by atoms with Crippen molar-refractivity contribution in [3.63, 3.8) is 0 Å². The predicted molar refractivity (Wildman–Crippen MR) is 160 cm³/mol. The van der Waals surface area contributed by atoms with Crippen LogP contribution in [0.1, 0.15) is 54.5 Å². The molecule has 0 bridgehead atoms. The zero-order chi connectivity index (χ0) is 28.1. The first-order valence-electron chi connectivity index (χ1n) is 14.9. The van der Waals surface area contributed by atoms with E-state index in [1.54, 1.807) is 0 Å². The van der Waals surface area contributed by atoms with Gasteiger partial charge in [-0.25, -0.2) is 0 Å². The molecule has 1 aromatic heterocycles. The Morgan fingerprint density at radius 1 is 1.07 bits per heavy atom. The lowest BCUT2D eigenvalue weighted by molar-refractivity contribution is -0.135. The maximum absolute atomic E-state index is 13.3. The van der Waals surface area contributed by atoms with Crippen molar-refractivity contribution in [2.75, 3.05) is 39.3 Å². The highest BCUT2D eigenvalue weighted by molar-refractivity contribution is 5.86. The molecule has 0 atom stereocenters. The van der Waals surface area contributed by atoms with Gasteiger partial charge in [0.1, 0.15) is 12.4 Å². The number of nitrogens with zero attached hydrogens (tertiary/aromatic N) is 2. The van der Waals surface area contributed by atoms with Crippen LogP contribution in [-0.4, -0.2) is 60.6 Å². The van der Waals surface area contributed by atoms with Crippen molar-refractivity contribution >= 4 is 22.7 Å². The molecule has 7 heteroatoms. The topological polar surface area (TPSA) is 75.6 Å². The third-order valence-electron chi connectivity index (χ3n) is 9.11. The molecule has 0 saturated carbocycles. The monoisotopic (exact) mass is 544 g/mol. The normalized spacial score (nSPS) is 18.3. The van der Waals surface area contributed by atoms with Crippen LogP contribution >= 0.6 is 0 Å². The van der Waals surface area contributed by atoms with Gasteiger partial charge in [-0.1, -0.05) is 36.8 Å². The Bertz CT molecular complexity index is 1350. The van der Waals surface area contributed by atoms with Gasteiger partial charge in [0, 0.05) is 30.2 Å². The average Bonchev–Trinajstić information content (AvgIpc) is 3.18. The summed E-state index contributed by atoms with van der Waals surface area (Å²) in [6, 6.07) is 14.8. The maximum atomic E-state index is 13.3. The maximum Gasteiger partial charge on any atom is 0.234 e. The van der Waals surface area contributed by atoms with Crippen molar-refractivity contribution in [2.45, 2.75) is 58.8 Å². The van der Waals surface area contributed by atoms with E-state index >= 15 is 0 Å². The number of fused-ring (bicyclic) bond motifs is 2. The quantitative estimate of drug-likeness (QED) is 0.498. The van der Waals surface area contributed by atoms with Gasteiger partial charge in [-0.05, 0) is 94.3 Å². The molecule has 214 valence electrons. The number of aromatic nitrogens is 1. The van der Waals surface area contributed by atoms with E-state index in [1.807, 2.05) is 12.1 Å². The van der Waals surface area contributed by atoms with Crippen LogP contribution in [0.3, 0.4) is 0 Å². The number of hydrogen-bond acceptors (Lipinski definition) is 4. The summed E-state index contributed by atoms with van der Waals surface area (Å²) in [4.78, 5) is 28.4. The summed E-state index contributed by atoms with van der Waals surface area (Å²) in [5.74, 6) is 1.14. The zero-order valence-corrected chi connectivity index (χ0v) is 24.4. The number of carbonyl (C=O) groups excluding carboxylic acids is 2. The first kappa shape index (κ1) is 28.2. The third-order valence-corrected chi connectivity index (χ3v) is 9.11. The van der Waals surface area contributed by atoms with E-state index in [9.17, 15) is 9.59 Å². The summed E-state index contributed by atoms with van der Waals surface area (Å²) in [6.45, 7) is 7.80. The highest BCUT2D eigenvalue weighted by atomic mass is 16.5. The van der Waals surface area contributed by atoms with Crippen molar-refractivity contribution in [2.24, 2.45) is 12.5 Å². The number of rotatable bonds is 5. The average molecular weight is 545 g/mol. The molecule has 3 aromatic rings. The molecule has 5 rings (SSSR count). The number of carbonyl (C=O) groups is 2. The van der Waals surface area contributed by atoms with Gasteiger partial charge in [-0.3, -0.25) is 14.5 Å². The second-order valence-electron chi connectivity index (χ2n) is 11.7. The van der Waals surface area contributed by atoms with Gasteiger partial charge < -0.3 is 19.9 Å². The number of piperidine rings is 1. The molecule has 40 heavy (non-hydrogen) atoms. The number of hydrogen-bond donors (Lipinski definition) is 2. The van der Waals surface area contributed by atoms with Crippen molar-refractivity contribution in [1.29, 1.82) is 0 Å². The second kappa shape index (κ2) is 12.5. The Hall–Kier alpha value is -3.32. The van der Waals surface area contributed by atoms with Gasteiger partial charge in [0.05, 0.1) is 18.5 Å². The Balaban J connectivity index is 1.11. The molecule has 0 radical (unpaired) electrons. The minimum atomic E-state index is -0.351. The van der Waals surface area contributed by atoms with Crippen LogP contribution in [0.4, 0.5) is 0 Å². The lowest BCUT2D eigenvalue weighted by atomic mass is 9.73. The van der Waals surface area contributed by atoms with Crippen LogP contribution in [0.5, 0.6) is 5.75 Å². The molecule has 2 aliphatic rings. The van der Waals surface area contributed by atoms with Crippen LogP contribution in [0.2, 0.25) is 0 Å². The number of aryl methyl sites for hydroxylation is 3. The standard InChI is InChI=1S/C33H44N4O3/c1-24-11-12-28-27(25(2)36(3)29(28)22-24)13-17-34-31(38)23-37-19-15-33(16-20-37)14-7-6-9-26-8-4-5-10-30(26)40-21-18-35-32(33)39/h4-5,8,10-12,22H,6-7,9,13-21,23H2,1-3H3,(H,34,38)(H,35,39). The first-order valence-corrected chi connectivity index (χ1v) is 14.9. The number of para-hydroxylation sites is 1. The fourth-order valence-electron chi connectivity index (χ4n) is 6.53. The van der Waals surface area contributed by atoms with Crippen LogP contribution in [0, 0.1) is 19.3 Å². The minimum Gasteiger partial charge on any atom is -0.491 e. The van der Waals surface area contributed by atoms with E-state index in [-0.39, 0.29) is 17.2 Å². The Morgan fingerprint density at radius 2 is 1.88 bits per heavy atom. The molecular weight excluding hydrogens is 500 g/mol. The number of amides is 2. The molecule has 2 N–H and O–H groups in total. The lowest BCUT2D eigenvalue weighted by Gasteiger charge is -2.40. The van der Waals surface area contributed by atoms with E-state index in [2.05, 4.69) is 71.3 Å². The van der Waals surface area contributed by atoms with Crippen molar-refractivity contribution in [3.8, 4) is 5.75 Å². The highest BCUT2D eigenvalue weighted by Crippen LogP contribution is 2.37. The van der Waals surface area contributed by atoms with Gasteiger partial charge in [-0.15, -0.1) is 0 Å². The zero-order valence-electron chi connectivity index (χ0n) is 24.4. The molecule has 1 fully saturated rings. The second-order valence-corrected chi connectivity index (χ2v) is 11.7. The third kappa shape index (κ3) is 6.20. The van der Waals surface area contributed by atoms with E-state index in [4.69, 9.17) is 4.74 Å². The minimum absolute atomic E-state index is 0.0589. The molecule has 1 saturated heterocycles.